The van der Waals surface area contributed by atoms with Gasteiger partial charge in [0, 0.05) is 12.1 Å². The zero-order chi connectivity index (χ0) is 16.7. The highest BCUT2D eigenvalue weighted by Crippen LogP contribution is 2.23. The van der Waals surface area contributed by atoms with E-state index in [1.165, 1.54) is 38.2 Å². The fourth-order valence-corrected chi connectivity index (χ4v) is 3.03. The van der Waals surface area contributed by atoms with Gasteiger partial charge in [0.15, 0.2) is 0 Å². The second-order valence-corrected chi connectivity index (χ2v) is 6.19. The molecule has 0 aromatic heterocycles. The lowest BCUT2D eigenvalue weighted by atomic mass is 9.96. The summed E-state index contributed by atoms with van der Waals surface area (Å²) < 4.78 is 0. The molecule has 0 radical (unpaired) electrons. The van der Waals surface area contributed by atoms with E-state index in [4.69, 9.17) is 0 Å². The van der Waals surface area contributed by atoms with Crippen LogP contribution in [0.1, 0.15) is 51.9 Å². The number of nitrogens with one attached hydrogen (secondary N) is 2. The summed E-state index contributed by atoms with van der Waals surface area (Å²) in [5.74, 6) is -0.235. The first-order chi connectivity index (χ1) is 11.1. The van der Waals surface area contributed by atoms with Crippen LogP contribution in [-0.2, 0) is 4.79 Å². The Bertz CT molecular complexity index is 540. The van der Waals surface area contributed by atoms with Gasteiger partial charge in [-0.15, -0.1) is 0 Å². The van der Waals surface area contributed by atoms with E-state index in [2.05, 4.69) is 10.6 Å². The molecule has 6 heteroatoms. The number of hydrogen-bond acceptors (Lipinski definition) is 4. The number of nitro benzene ring substituents is 1. The molecule has 1 fully saturated rings. The van der Waals surface area contributed by atoms with Gasteiger partial charge in [0.25, 0.3) is 5.69 Å². The van der Waals surface area contributed by atoms with Gasteiger partial charge in [0.1, 0.15) is 5.69 Å². The Morgan fingerprint density at radius 2 is 1.78 bits per heavy atom. The number of carbonyl (C=O) groups excluding carboxylic acids is 1. The average Bonchev–Trinajstić information content (AvgIpc) is 2.50. The van der Waals surface area contributed by atoms with Crippen LogP contribution in [0.3, 0.4) is 0 Å². The van der Waals surface area contributed by atoms with Gasteiger partial charge < -0.3 is 10.6 Å². The summed E-state index contributed by atoms with van der Waals surface area (Å²) in [6.45, 7) is 1.81. The Kier molecular flexibility index (Phi) is 6.52. The molecule has 1 atom stereocenters. The van der Waals surface area contributed by atoms with E-state index in [9.17, 15) is 14.9 Å². The average molecular weight is 319 g/mol. The molecule has 0 heterocycles. The zero-order valence-electron chi connectivity index (χ0n) is 13.6. The minimum atomic E-state index is -0.484. The number of amides is 1. The lowest BCUT2D eigenvalue weighted by molar-refractivity contribution is -0.383. The van der Waals surface area contributed by atoms with Crippen LogP contribution in [0, 0.1) is 10.1 Å². The first-order valence-corrected chi connectivity index (χ1v) is 8.38. The lowest BCUT2D eigenvalue weighted by Gasteiger charge is -2.24. The number of anilines is 1. The summed E-state index contributed by atoms with van der Waals surface area (Å²) in [5, 5.41) is 17.0. The molecule has 6 nitrogen and oxygen atoms in total. The number of nitrogens with zero attached hydrogens (tertiary/aromatic N) is 1. The molecular formula is C17H25N3O3. The Balaban J connectivity index is 1.93. The summed E-state index contributed by atoms with van der Waals surface area (Å²) in [5.41, 5.74) is 0.160. The number of carbonyl (C=O) groups is 1. The maximum atomic E-state index is 12.3. The van der Waals surface area contributed by atoms with Crippen molar-refractivity contribution in [3.05, 3.63) is 34.4 Å². The first kappa shape index (κ1) is 17.4. The number of nitro groups is 1. The van der Waals surface area contributed by atoms with E-state index >= 15 is 0 Å². The van der Waals surface area contributed by atoms with Crippen molar-refractivity contribution in [1.82, 2.24) is 5.32 Å². The predicted molar refractivity (Wildman–Crippen MR) is 90.4 cm³/mol. The fourth-order valence-electron chi connectivity index (χ4n) is 3.03. The predicted octanol–water partition coefficient (Wildman–Crippen LogP) is 3.62. The molecule has 1 amide bonds. The van der Waals surface area contributed by atoms with Crippen LogP contribution in [0.25, 0.3) is 0 Å². The number of rotatable bonds is 5. The van der Waals surface area contributed by atoms with Crippen LogP contribution >= 0.6 is 0 Å². The van der Waals surface area contributed by atoms with Gasteiger partial charge in [-0.1, -0.05) is 44.2 Å². The Hall–Kier alpha value is -1.95. The highest BCUT2D eigenvalue weighted by Gasteiger charge is 2.21. The van der Waals surface area contributed by atoms with Crippen LogP contribution in [0.4, 0.5) is 11.4 Å². The van der Waals surface area contributed by atoms with Crippen molar-refractivity contribution in [3.8, 4) is 0 Å². The molecule has 0 spiro atoms. The SMILES string of the molecule is C[C@H](NC1CCCCCCC1)C(=O)Nc1ccccc1[N+](=O)[O-]. The molecule has 1 aromatic carbocycles. The summed E-state index contributed by atoms with van der Waals surface area (Å²) in [6, 6.07) is 6.18. The van der Waals surface area contributed by atoms with E-state index in [-0.39, 0.29) is 23.3 Å². The van der Waals surface area contributed by atoms with Gasteiger partial charge in [-0.05, 0) is 25.8 Å². The zero-order valence-corrected chi connectivity index (χ0v) is 13.6. The molecule has 0 bridgehead atoms. The van der Waals surface area contributed by atoms with Gasteiger partial charge in [-0.25, -0.2) is 0 Å². The van der Waals surface area contributed by atoms with Gasteiger partial charge in [-0.2, -0.15) is 0 Å². The molecule has 0 unspecified atom stereocenters. The minimum Gasteiger partial charge on any atom is -0.319 e. The number of hydrogen-bond donors (Lipinski definition) is 2. The summed E-state index contributed by atoms with van der Waals surface area (Å²) in [6.07, 6.45) is 8.38. The lowest BCUT2D eigenvalue weighted by Crippen LogP contribution is -2.44. The van der Waals surface area contributed by atoms with Crippen molar-refractivity contribution in [2.24, 2.45) is 0 Å². The van der Waals surface area contributed by atoms with E-state index < -0.39 is 4.92 Å². The molecule has 1 aliphatic rings. The summed E-state index contributed by atoms with van der Waals surface area (Å²) >= 11 is 0. The highest BCUT2D eigenvalue weighted by molar-refractivity contribution is 5.96. The van der Waals surface area contributed by atoms with Crippen LogP contribution in [0.5, 0.6) is 0 Å². The largest absolute Gasteiger partial charge is 0.319 e. The van der Waals surface area contributed by atoms with E-state index in [1.807, 2.05) is 6.92 Å². The van der Waals surface area contributed by atoms with E-state index in [0.29, 0.717) is 6.04 Å². The van der Waals surface area contributed by atoms with Crippen molar-refractivity contribution in [1.29, 1.82) is 0 Å². The maximum absolute atomic E-state index is 12.3. The van der Waals surface area contributed by atoms with Crippen LogP contribution in [0.15, 0.2) is 24.3 Å². The van der Waals surface area contributed by atoms with Gasteiger partial charge in [0.2, 0.25) is 5.91 Å². The molecule has 126 valence electrons. The second kappa shape index (κ2) is 8.62. The normalized spacial score (nSPS) is 17.8. The first-order valence-electron chi connectivity index (χ1n) is 8.38. The van der Waals surface area contributed by atoms with Gasteiger partial charge >= 0.3 is 0 Å². The highest BCUT2D eigenvalue weighted by atomic mass is 16.6. The number of para-hydroxylation sites is 2. The molecule has 0 aliphatic heterocycles. The standard InChI is InChI=1S/C17H25N3O3/c1-13(18-14-9-5-3-2-4-6-10-14)17(21)19-15-11-7-8-12-16(15)20(22)23/h7-8,11-14,18H,2-6,9-10H2,1H3,(H,19,21)/t13-/m0/s1. The van der Waals surface area contributed by atoms with Gasteiger partial charge in [0.05, 0.1) is 11.0 Å². The maximum Gasteiger partial charge on any atom is 0.292 e. The van der Waals surface area contributed by atoms with Crippen molar-refractivity contribution in [2.45, 2.75) is 64.0 Å². The fraction of sp³-hybridized carbons (Fsp3) is 0.588. The Morgan fingerprint density at radius 3 is 2.43 bits per heavy atom. The Labute approximate surface area is 136 Å². The smallest absolute Gasteiger partial charge is 0.292 e. The molecular weight excluding hydrogens is 294 g/mol. The van der Waals surface area contributed by atoms with Gasteiger partial charge in [-0.3, -0.25) is 14.9 Å². The van der Waals surface area contributed by atoms with Crippen molar-refractivity contribution < 1.29 is 9.72 Å². The third-order valence-electron chi connectivity index (χ3n) is 4.34. The third kappa shape index (κ3) is 5.32. The van der Waals surface area contributed by atoms with Crippen LogP contribution in [-0.4, -0.2) is 22.9 Å². The third-order valence-corrected chi connectivity index (χ3v) is 4.34. The summed E-state index contributed by atoms with van der Waals surface area (Å²) in [7, 11) is 0. The quantitative estimate of drug-likeness (QED) is 0.641. The van der Waals surface area contributed by atoms with Crippen LogP contribution < -0.4 is 10.6 Å². The van der Waals surface area contributed by atoms with Crippen LogP contribution in [0.2, 0.25) is 0 Å². The van der Waals surface area contributed by atoms with E-state index in [0.717, 1.165) is 12.8 Å². The summed E-state index contributed by atoms with van der Waals surface area (Å²) in [4.78, 5) is 22.8. The molecule has 1 aromatic rings. The van der Waals surface area contributed by atoms with Crippen molar-refractivity contribution >= 4 is 17.3 Å². The molecule has 1 aliphatic carbocycles. The van der Waals surface area contributed by atoms with Crippen molar-refractivity contribution in [3.63, 3.8) is 0 Å². The monoisotopic (exact) mass is 319 g/mol. The van der Waals surface area contributed by atoms with Crippen molar-refractivity contribution in [2.75, 3.05) is 5.32 Å². The molecule has 23 heavy (non-hydrogen) atoms. The molecule has 2 N–H and O–H groups in total. The molecule has 0 saturated heterocycles. The Morgan fingerprint density at radius 1 is 1.17 bits per heavy atom. The second-order valence-electron chi connectivity index (χ2n) is 6.19. The van der Waals surface area contributed by atoms with E-state index in [1.54, 1.807) is 18.2 Å². The minimum absolute atomic E-state index is 0.0843. The molecule has 2 rings (SSSR count). The topological polar surface area (TPSA) is 84.3 Å². The number of benzene rings is 1. The molecule has 1 saturated carbocycles.